The van der Waals surface area contributed by atoms with Crippen LogP contribution >= 0.6 is 0 Å². The second kappa shape index (κ2) is 5.42. The van der Waals surface area contributed by atoms with Crippen molar-refractivity contribution in [2.24, 2.45) is 5.92 Å². The number of carbonyl (C=O) groups excluding carboxylic acids is 1. The summed E-state index contributed by atoms with van der Waals surface area (Å²) in [6.45, 7) is 5.62. The summed E-state index contributed by atoms with van der Waals surface area (Å²) in [5.41, 5.74) is 1.35. The molecule has 3 heteroatoms. The van der Waals surface area contributed by atoms with Crippen molar-refractivity contribution in [3.05, 3.63) is 29.8 Å². The lowest BCUT2D eigenvalue weighted by Gasteiger charge is -2.36. The van der Waals surface area contributed by atoms with Gasteiger partial charge in [0.25, 0.3) is 0 Å². The van der Waals surface area contributed by atoms with Crippen molar-refractivity contribution in [1.82, 2.24) is 4.90 Å². The molecule has 2 rings (SSSR count). The summed E-state index contributed by atoms with van der Waals surface area (Å²) in [5, 5.41) is 0. The van der Waals surface area contributed by atoms with E-state index in [0.29, 0.717) is 11.8 Å². The van der Waals surface area contributed by atoms with E-state index in [4.69, 9.17) is 4.74 Å². The first-order valence-corrected chi connectivity index (χ1v) is 6.51. The Labute approximate surface area is 109 Å². The third-order valence-corrected chi connectivity index (χ3v) is 3.89. The van der Waals surface area contributed by atoms with Crippen molar-refractivity contribution in [2.75, 3.05) is 20.2 Å². The Morgan fingerprint density at radius 2 is 2.00 bits per heavy atom. The number of likely N-dealkylation sites (tertiary alicyclic amines) is 1. The van der Waals surface area contributed by atoms with Crippen LogP contribution in [0.4, 0.5) is 0 Å². The number of ether oxygens (including phenoxy) is 1. The highest BCUT2D eigenvalue weighted by molar-refractivity contribution is 5.73. The highest BCUT2D eigenvalue weighted by Crippen LogP contribution is 2.33. The quantitative estimate of drug-likeness (QED) is 0.804. The van der Waals surface area contributed by atoms with Crippen LogP contribution in [-0.4, -0.2) is 31.0 Å². The number of rotatable bonds is 2. The highest BCUT2D eigenvalue weighted by atomic mass is 16.5. The predicted octanol–water partition coefficient (Wildman–Crippen LogP) is 2.67. The maximum absolute atomic E-state index is 11.4. The maximum atomic E-state index is 11.4. The number of benzene rings is 1. The Hall–Kier alpha value is -1.51. The lowest BCUT2D eigenvalue weighted by Crippen LogP contribution is -2.40. The number of carbonyl (C=O) groups is 1. The number of methoxy groups -OCH3 is 1. The van der Waals surface area contributed by atoms with Gasteiger partial charge in [-0.25, -0.2) is 0 Å². The summed E-state index contributed by atoms with van der Waals surface area (Å²) in [5.74, 6) is 2.14. The molecule has 3 nitrogen and oxygen atoms in total. The molecule has 0 spiro atoms. The van der Waals surface area contributed by atoms with Crippen molar-refractivity contribution < 1.29 is 9.53 Å². The van der Waals surface area contributed by atoms with Crippen LogP contribution in [0.1, 0.15) is 31.7 Å². The van der Waals surface area contributed by atoms with E-state index in [2.05, 4.69) is 19.1 Å². The van der Waals surface area contributed by atoms with Crippen LogP contribution in [0.3, 0.4) is 0 Å². The molecule has 18 heavy (non-hydrogen) atoms. The van der Waals surface area contributed by atoms with E-state index >= 15 is 0 Å². The van der Waals surface area contributed by atoms with Crippen LogP contribution in [0.25, 0.3) is 0 Å². The number of hydrogen-bond donors (Lipinski definition) is 0. The average Bonchev–Trinajstić information content (AvgIpc) is 2.38. The molecule has 0 aromatic heterocycles. The number of nitrogens with zero attached hydrogens (tertiary/aromatic N) is 1. The molecule has 1 aliphatic rings. The SMILES string of the molecule is COc1ccc(C2CCN(C(C)=O)CC2C)cc1. The Bertz CT molecular complexity index is 413. The number of hydrogen-bond acceptors (Lipinski definition) is 2. The summed E-state index contributed by atoms with van der Waals surface area (Å²) in [7, 11) is 1.68. The molecular formula is C15H21NO2. The fraction of sp³-hybridized carbons (Fsp3) is 0.533. The van der Waals surface area contributed by atoms with Crippen molar-refractivity contribution in [2.45, 2.75) is 26.2 Å². The van der Waals surface area contributed by atoms with Crippen molar-refractivity contribution >= 4 is 5.91 Å². The molecule has 0 radical (unpaired) electrons. The van der Waals surface area contributed by atoms with Gasteiger partial charge in [-0.1, -0.05) is 19.1 Å². The molecule has 0 N–H and O–H groups in total. The lowest BCUT2D eigenvalue weighted by atomic mass is 9.81. The first-order chi connectivity index (χ1) is 8.61. The smallest absolute Gasteiger partial charge is 0.219 e. The molecular weight excluding hydrogens is 226 g/mol. The molecule has 1 aromatic rings. The molecule has 0 aliphatic carbocycles. The molecule has 98 valence electrons. The second-order valence-corrected chi connectivity index (χ2v) is 5.11. The van der Waals surface area contributed by atoms with Crippen LogP contribution < -0.4 is 4.74 Å². The fourth-order valence-corrected chi connectivity index (χ4v) is 2.78. The van der Waals surface area contributed by atoms with Crippen molar-refractivity contribution in [1.29, 1.82) is 0 Å². The first kappa shape index (κ1) is 12.9. The minimum Gasteiger partial charge on any atom is -0.497 e. The third kappa shape index (κ3) is 2.66. The van der Waals surface area contributed by atoms with Gasteiger partial charge in [0.15, 0.2) is 0 Å². The van der Waals surface area contributed by atoms with Gasteiger partial charge >= 0.3 is 0 Å². The van der Waals surface area contributed by atoms with E-state index in [1.54, 1.807) is 14.0 Å². The van der Waals surface area contributed by atoms with Crippen LogP contribution in [0, 0.1) is 5.92 Å². The average molecular weight is 247 g/mol. The summed E-state index contributed by atoms with van der Waals surface area (Å²) in [6, 6.07) is 8.31. The lowest BCUT2D eigenvalue weighted by molar-refractivity contribution is -0.130. The highest BCUT2D eigenvalue weighted by Gasteiger charge is 2.28. The molecule has 1 saturated heterocycles. The largest absolute Gasteiger partial charge is 0.497 e. The van der Waals surface area contributed by atoms with Crippen molar-refractivity contribution in [3.63, 3.8) is 0 Å². The van der Waals surface area contributed by atoms with E-state index in [-0.39, 0.29) is 5.91 Å². The molecule has 1 aliphatic heterocycles. The topological polar surface area (TPSA) is 29.5 Å². The molecule has 1 aromatic carbocycles. The monoisotopic (exact) mass is 247 g/mol. The Balaban J connectivity index is 2.07. The maximum Gasteiger partial charge on any atom is 0.219 e. The number of piperidine rings is 1. The van der Waals surface area contributed by atoms with E-state index < -0.39 is 0 Å². The normalized spacial score (nSPS) is 23.8. The van der Waals surface area contributed by atoms with Crippen LogP contribution in [0.5, 0.6) is 5.75 Å². The second-order valence-electron chi connectivity index (χ2n) is 5.11. The van der Waals surface area contributed by atoms with E-state index in [1.165, 1.54) is 5.56 Å². The molecule has 0 saturated carbocycles. The minimum atomic E-state index is 0.190. The first-order valence-electron chi connectivity index (χ1n) is 6.51. The van der Waals surface area contributed by atoms with Gasteiger partial charge in [0, 0.05) is 20.0 Å². The summed E-state index contributed by atoms with van der Waals surface area (Å²) in [4.78, 5) is 13.3. The van der Waals surface area contributed by atoms with Gasteiger partial charge < -0.3 is 9.64 Å². The number of amides is 1. The predicted molar refractivity (Wildman–Crippen MR) is 71.8 cm³/mol. The molecule has 1 amide bonds. The zero-order valence-corrected chi connectivity index (χ0v) is 11.3. The summed E-state index contributed by atoms with van der Waals surface area (Å²) >= 11 is 0. The van der Waals surface area contributed by atoms with Crippen LogP contribution in [0.2, 0.25) is 0 Å². The third-order valence-electron chi connectivity index (χ3n) is 3.89. The van der Waals surface area contributed by atoms with Crippen LogP contribution in [0.15, 0.2) is 24.3 Å². The molecule has 1 heterocycles. The van der Waals surface area contributed by atoms with Gasteiger partial charge in [0.1, 0.15) is 5.75 Å². The van der Waals surface area contributed by atoms with E-state index in [9.17, 15) is 4.79 Å². The van der Waals surface area contributed by atoms with Crippen molar-refractivity contribution in [3.8, 4) is 5.75 Å². The van der Waals surface area contributed by atoms with Gasteiger partial charge in [0.2, 0.25) is 5.91 Å². The molecule has 2 atom stereocenters. The van der Waals surface area contributed by atoms with E-state index in [1.807, 2.05) is 17.0 Å². The van der Waals surface area contributed by atoms with Gasteiger partial charge in [-0.3, -0.25) is 4.79 Å². The van der Waals surface area contributed by atoms with Gasteiger partial charge in [-0.05, 0) is 36.0 Å². The standard InChI is InChI=1S/C15H21NO2/c1-11-10-16(12(2)17)9-8-15(11)13-4-6-14(18-3)7-5-13/h4-7,11,15H,8-10H2,1-3H3. The van der Waals surface area contributed by atoms with E-state index in [0.717, 1.165) is 25.3 Å². The Morgan fingerprint density at radius 3 is 2.50 bits per heavy atom. The fourth-order valence-electron chi connectivity index (χ4n) is 2.78. The molecule has 0 bridgehead atoms. The Morgan fingerprint density at radius 1 is 1.33 bits per heavy atom. The summed E-state index contributed by atoms with van der Waals surface area (Å²) < 4.78 is 5.18. The minimum absolute atomic E-state index is 0.190. The van der Waals surface area contributed by atoms with Gasteiger partial charge in [0.05, 0.1) is 7.11 Å². The van der Waals surface area contributed by atoms with Gasteiger partial charge in [-0.2, -0.15) is 0 Å². The summed E-state index contributed by atoms with van der Waals surface area (Å²) in [6.07, 6.45) is 1.05. The zero-order valence-electron chi connectivity index (χ0n) is 11.3. The van der Waals surface area contributed by atoms with Gasteiger partial charge in [-0.15, -0.1) is 0 Å². The Kier molecular flexibility index (Phi) is 3.90. The molecule has 1 fully saturated rings. The zero-order chi connectivity index (χ0) is 13.1. The molecule has 2 unspecified atom stereocenters. The van der Waals surface area contributed by atoms with Crippen LogP contribution in [-0.2, 0) is 4.79 Å².